The summed E-state index contributed by atoms with van der Waals surface area (Å²) in [5, 5.41) is 0. The monoisotopic (exact) mass is 576 g/mol. The van der Waals surface area contributed by atoms with Crippen molar-refractivity contribution in [1.29, 1.82) is 0 Å². The van der Waals surface area contributed by atoms with Crippen molar-refractivity contribution in [2.75, 3.05) is 64.0 Å². The zero-order valence-corrected chi connectivity index (χ0v) is 25.4. The van der Waals surface area contributed by atoms with E-state index in [0.717, 1.165) is 33.4 Å². The molecule has 0 aliphatic rings. The Morgan fingerprint density at radius 1 is 0.286 bits per heavy atom. The summed E-state index contributed by atoms with van der Waals surface area (Å²) in [5.74, 6) is 4.76. The molecule has 0 aliphatic heterocycles. The van der Waals surface area contributed by atoms with Crippen LogP contribution in [0.1, 0.15) is 0 Å². The molecule has 0 unspecified atom stereocenters. The Bertz CT molecular complexity index is 1490. The van der Waals surface area contributed by atoms with E-state index in [0.29, 0.717) is 51.7 Å². The molecule has 4 aromatic rings. The van der Waals surface area contributed by atoms with Crippen LogP contribution in [0.15, 0.2) is 54.6 Å². The third-order valence-corrected chi connectivity index (χ3v) is 6.97. The first kappa shape index (κ1) is 30.0. The topological polar surface area (TPSA) is 83.1 Å². The van der Waals surface area contributed by atoms with Crippen LogP contribution in [0.3, 0.4) is 0 Å². The maximum atomic E-state index is 5.68. The largest absolute Gasteiger partial charge is 0.493 e. The molecule has 0 radical (unpaired) electrons. The lowest BCUT2D eigenvalue weighted by Gasteiger charge is -2.19. The van der Waals surface area contributed by atoms with E-state index in [1.807, 2.05) is 48.5 Å². The van der Waals surface area contributed by atoms with E-state index in [-0.39, 0.29) is 0 Å². The van der Waals surface area contributed by atoms with Crippen molar-refractivity contribution in [3.63, 3.8) is 0 Å². The Balaban J connectivity index is 2.05. The summed E-state index contributed by atoms with van der Waals surface area (Å²) in [4.78, 5) is 0. The van der Waals surface area contributed by atoms with Crippen LogP contribution in [0.2, 0.25) is 0 Å². The molecule has 0 saturated heterocycles. The Morgan fingerprint density at radius 2 is 0.595 bits per heavy atom. The molecule has 0 heterocycles. The van der Waals surface area contributed by atoms with Crippen molar-refractivity contribution in [3.8, 4) is 85.1 Å². The van der Waals surface area contributed by atoms with Crippen LogP contribution >= 0.6 is 0 Å². The van der Waals surface area contributed by atoms with Crippen molar-refractivity contribution in [2.24, 2.45) is 0 Å². The molecule has 0 atom stereocenters. The minimum Gasteiger partial charge on any atom is -0.493 e. The average Bonchev–Trinajstić information content (AvgIpc) is 3.05. The fourth-order valence-corrected chi connectivity index (χ4v) is 4.94. The summed E-state index contributed by atoms with van der Waals surface area (Å²) in [7, 11) is 14.3. The van der Waals surface area contributed by atoms with Crippen LogP contribution in [-0.4, -0.2) is 64.0 Å². The van der Waals surface area contributed by atoms with Gasteiger partial charge in [0.25, 0.3) is 0 Å². The zero-order chi connectivity index (χ0) is 30.4. The highest BCUT2D eigenvalue weighted by molar-refractivity contribution is 5.90. The maximum absolute atomic E-state index is 5.68. The summed E-state index contributed by atoms with van der Waals surface area (Å²) in [5.41, 5.74) is 5.26. The first-order chi connectivity index (χ1) is 20.4. The van der Waals surface area contributed by atoms with Gasteiger partial charge in [0.1, 0.15) is 0 Å². The Morgan fingerprint density at radius 3 is 0.905 bits per heavy atom. The normalized spacial score (nSPS) is 10.5. The zero-order valence-electron chi connectivity index (χ0n) is 25.4. The van der Waals surface area contributed by atoms with Gasteiger partial charge < -0.3 is 42.6 Å². The number of ether oxygens (including phenoxy) is 9. The number of hydrogen-bond acceptors (Lipinski definition) is 9. The van der Waals surface area contributed by atoms with Crippen molar-refractivity contribution in [1.82, 2.24) is 0 Å². The summed E-state index contributed by atoms with van der Waals surface area (Å²) in [6, 6.07) is 17.6. The lowest BCUT2D eigenvalue weighted by atomic mass is 9.90. The van der Waals surface area contributed by atoms with Gasteiger partial charge in [0, 0.05) is 0 Å². The molecule has 0 N–H and O–H groups in total. The first-order valence-corrected chi connectivity index (χ1v) is 13.0. The maximum Gasteiger partial charge on any atom is 0.203 e. The SMILES string of the molecule is COc1cc(-c2ccc(-c3cc(OC)c(OC)c(OC)c3)c(-c3cc(OC)c(OC)c(OC)c3)c2)cc(OC)c1OC. The molecule has 0 aromatic heterocycles. The molecule has 4 aromatic carbocycles. The van der Waals surface area contributed by atoms with Crippen molar-refractivity contribution in [3.05, 3.63) is 54.6 Å². The first-order valence-electron chi connectivity index (χ1n) is 13.0. The van der Waals surface area contributed by atoms with Gasteiger partial charge in [-0.3, -0.25) is 0 Å². The third-order valence-electron chi connectivity index (χ3n) is 6.97. The van der Waals surface area contributed by atoms with Crippen LogP contribution in [0, 0.1) is 0 Å². The van der Waals surface area contributed by atoms with Gasteiger partial charge in [-0.2, -0.15) is 0 Å². The van der Waals surface area contributed by atoms with Crippen LogP contribution in [0.4, 0.5) is 0 Å². The second kappa shape index (κ2) is 13.2. The van der Waals surface area contributed by atoms with Crippen LogP contribution in [0.25, 0.3) is 33.4 Å². The van der Waals surface area contributed by atoms with E-state index >= 15 is 0 Å². The van der Waals surface area contributed by atoms with Gasteiger partial charge in [-0.05, 0) is 75.8 Å². The van der Waals surface area contributed by atoms with Gasteiger partial charge in [0.2, 0.25) is 17.2 Å². The van der Waals surface area contributed by atoms with E-state index in [4.69, 9.17) is 42.6 Å². The molecule has 222 valence electrons. The Hall–Kier alpha value is -4.92. The predicted octanol–water partition coefficient (Wildman–Crippen LogP) is 6.77. The minimum atomic E-state index is 0.499. The van der Waals surface area contributed by atoms with Crippen molar-refractivity contribution < 1.29 is 42.6 Å². The van der Waals surface area contributed by atoms with Crippen LogP contribution in [0.5, 0.6) is 51.7 Å². The van der Waals surface area contributed by atoms with E-state index in [9.17, 15) is 0 Å². The average molecular weight is 577 g/mol. The van der Waals surface area contributed by atoms with Gasteiger partial charge in [-0.15, -0.1) is 0 Å². The predicted molar refractivity (Wildman–Crippen MR) is 162 cm³/mol. The standard InChI is InChI=1S/C33H36O9/c1-34-25-13-20(14-26(35-2)31(25)40-7)19-10-11-23(21-15-27(36-3)32(41-8)28(16-21)37-4)24(12-19)22-17-29(38-5)33(42-9)30(18-22)39-6/h10-18H,1-9H3. The van der Waals surface area contributed by atoms with Crippen LogP contribution in [-0.2, 0) is 0 Å². The summed E-state index contributed by atoms with van der Waals surface area (Å²) in [6.07, 6.45) is 0. The second-order valence-corrected chi connectivity index (χ2v) is 9.00. The fourth-order valence-electron chi connectivity index (χ4n) is 4.94. The highest BCUT2D eigenvalue weighted by Gasteiger charge is 2.21. The number of methoxy groups -OCH3 is 9. The van der Waals surface area contributed by atoms with Gasteiger partial charge >= 0.3 is 0 Å². The van der Waals surface area contributed by atoms with Crippen LogP contribution < -0.4 is 42.6 Å². The van der Waals surface area contributed by atoms with Crippen molar-refractivity contribution >= 4 is 0 Å². The molecule has 9 heteroatoms. The quantitative estimate of drug-likeness (QED) is 0.182. The number of rotatable bonds is 12. The summed E-state index contributed by atoms with van der Waals surface area (Å²) in [6.45, 7) is 0. The second-order valence-electron chi connectivity index (χ2n) is 9.00. The summed E-state index contributed by atoms with van der Waals surface area (Å²) < 4.78 is 50.6. The molecule has 0 spiro atoms. The lowest BCUT2D eigenvalue weighted by Crippen LogP contribution is -1.98. The van der Waals surface area contributed by atoms with E-state index < -0.39 is 0 Å². The van der Waals surface area contributed by atoms with E-state index in [1.165, 1.54) is 0 Å². The molecule has 0 fully saturated rings. The highest BCUT2D eigenvalue weighted by Crippen LogP contribution is 2.48. The molecular weight excluding hydrogens is 540 g/mol. The minimum absolute atomic E-state index is 0.499. The third kappa shape index (κ3) is 5.50. The molecule has 0 saturated carbocycles. The van der Waals surface area contributed by atoms with Gasteiger partial charge in [0.15, 0.2) is 34.5 Å². The number of hydrogen-bond donors (Lipinski definition) is 0. The fraction of sp³-hybridized carbons (Fsp3) is 0.273. The molecule has 9 nitrogen and oxygen atoms in total. The van der Waals surface area contributed by atoms with Gasteiger partial charge in [-0.1, -0.05) is 12.1 Å². The molecule has 0 bridgehead atoms. The van der Waals surface area contributed by atoms with Gasteiger partial charge in [0.05, 0.1) is 64.0 Å². The molecule has 42 heavy (non-hydrogen) atoms. The van der Waals surface area contributed by atoms with E-state index in [1.54, 1.807) is 64.0 Å². The Labute approximate surface area is 246 Å². The summed E-state index contributed by atoms with van der Waals surface area (Å²) >= 11 is 0. The molecule has 0 aliphatic carbocycles. The molecule has 4 rings (SSSR count). The molecule has 0 amide bonds. The lowest BCUT2D eigenvalue weighted by molar-refractivity contribution is 0.324. The van der Waals surface area contributed by atoms with Gasteiger partial charge in [-0.25, -0.2) is 0 Å². The highest BCUT2D eigenvalue weighted by atomic mass is 16.5. The van der Waals surface area contributed by atoms with Crippen molar-refractivity contribution in [2.45, 2.75) is 0 Å². The Kier molecular flexibility index (Phi) is 9.42. The smallest absolute Gasteiger partial charge is 0.203 e. The number of benzene rings is 4. The van der Waals surface area contributed by atoms with E-state index in [2.05, 4.69) is 6.07 Å². The molecular formula is C33H36O9.